The van der Waals surface area contributed by atoms with Crippen LogP contribution in [0, 0.1) is 0 Å². The highest BCUT2D eigenvalue weighted by Gasteiger charge is 1.76. The van der Waals surface area contributed by atoms with E-state index in [2.05, 4.69) is 11.9 Å². The SMILES string of the molecule is B.CCCCCO.c1ccncc1. The van der Waals surface area contributed by atoms with Gasteiger partial charge in [-0.15, -0.1) is 0 Å². The minimum atomic E-state index is 0. The number of aliphatic hydroxyl groups excluding tert-OH is 1. The first-order valence-corrected chi connectivity index (χ1v) is 4.37. The molecule has 0 saturated carbocycles. The summed E-state index contributed by atoms with van der Waals surface area (Å²) in [5.41, 5.74) is 0. The fourth-order valence-electron chi connectivity index (χ4n) is 0.674. The Morgan fingerprint density at radius 1 is 1.08 bits per heavy atom. The Labute approximate surface area is 82.6 Å². The van der Waals surface area contributed by atoms with Gasteiger partial charge in [-0.1, -0.05) is 25.8 Å². The number of pyridine rings is 1. The molecule has 0 aliphatic heterocycles. The van der Waals surface area contributed by atoms with Gasteiger partial charge >= 0.3 is 0 Å². The molecule has 0 unspecified atom stereocenters. The molecule has 1 N–H and O–H groups in total. The van der Waals surface area contributed by atoms with Gasteiger partial charge in [-0.25, -0.2) is 0 Å². The molecule has 0 fully saturated rings. The molecule has 13 heavy (non-hydrogen) atoms. The zero-order valence-corrected chi connectivity index (χ0v) is 7.61. The fraction of sp³-hybridized carbons (Fsp3) is 0.500. The van der Waals surface area contributed by atoms with E-state index in [1.165, 1.54) is 6.42 Å². The van der Waals surface area contributed by atoms with E-state index in [0.29, 0.717) is 6.61 Å². The quantitative estimate of drug-likeness (QED) is 0.558. The van der Waals surface area contributed by atoms with E-state index < -0.39 is 0 Å². The number of rotatable bonds is 3. The summed E-state index contributed by atoms with van der Waals surface area (Å²) < 4.78 is 0. The standard InChI is InChI=1S/C5H5N.C5H12O.BH3/c1-2-4-6-5-3-1;1-2-3-4-5-6;/h1-5H;6H,2-5H2,1H3;1H3. The number of hydrogen-bond acceptors (Lipinski definition) is 2. The van der Waals surface area contributed by atoms with Crippen molar-refractivity contribution in [3.63, 3.8) is 0 Å². The van der Waals surface area contributed by atoms with E-state index >= 15 is 0 Å². The van der Waals surface area contributed by atoms with Crippen molar-refractivity contribution in [2.45, 2.75) is 26.2 Å². The van der Waals surface area contributed by atoms with Crippen molar-refractivity contribution in [1.29, 1.82) is 0 Å². The lowest BCUT2D eigenvalue weighted by Gasteiger charge is -1.85. The van der Waals surface area contributed by atoms with Gasteiger partial charge in [0.2, 0.25) is 0 Å². The Hall–Kier alpha value is -0.825. The lowest BCUT2D eigenvalue weighted by atomic mass is 10.3. The minimum absolute atomic E-state index is 0. The summed E-state index contributed by atoms with van der Waals surface area (Å²) in [4.78, 5) is 3.78. The van der Waals surface area contributed by atoms with Gasteiger partial charge in [0.1, 0.15) is 0 Å². The Bertz CT molecular complexity index is 128. The molecule has 1 aromatic rings. The smallest absolute Gasteiger partial charge is 0.0814 e. The van der Waals surface area contributed by atoms with Crippen molar-refractivity contribution < 1.29 is 5.11 Å². The molecule has 0 atom stereocenters. The topological polar surface area (TPSA) is 33.1 Å². The summed E-state index contributed by atoms with van der Waals surface area (Å²) in [5.74, 6) is 0. The lowest BCUT2D eigenvalue weighted by Crippen LogP contribution is -1.78. The van der Waals surface area contributed by atoms with E-state index in [-0.39, 0.29) is 8.41 Å². The maximum Gasteiger partial charge on any atom is 0.0814 e. The third-order valence-corrected chi connectivity index (χ3v) is 1.33. The Morgan fingerprint density at radius 3 is 1.85 bits per heavy atom. The van der Waals surface area contributed by atoms with Crippen molar-refractivity contribution in [1.82, 2.24) is 4.98 Å². The third kappa shape index (κ3) is 14.1. The highest BCUT2D eigenvalue weighted by atomic mass is 16.2. The third-order valence-electron chi connectivity index (χ3n) is 1.33. The molecular weight excluding hydrogens is 161 g/mol. The van der Waals surface area contributed by atoms with E-state index in [1.807, 2.05) is 18.2 Å². The molecule has 0 aliphatic carbocycles. The summed E-state index contributed by atoms with van der Waals surface area (Å²) in [6.07, 6.45) is 6.83. The van der Waals surface area contributed by atoms with Crippen LogP contribution in [0.3, 0.4) is 0 Å². The van der Waals surface area contributed by atoms with Gasteiger partial charge in [0.05, 0.1) is 8.41 Å². The van der Waals surface area contributed by atoms with Gasteiger partial charge in [-0.3, -0.25) is 4.98 Å². The molecule has 0 aliphatic rings. The zero-order valence-electron chi connectivity index (χ0n) is 7.61. The highest BCUT2D eigenvalue weighted by molar-refractivity contribution is 5.75. The van der Waals surface area contributed by atoms with Gasteiger partial charge < -0.3 is 5.11 Å². The van der Waals surface area contributed by atoms with E-state index in [1.54, 1.807) is 12.4 Å². The second-order valence-electron chi connectivity index (χ2n) is 2.46. The predicted octanol–water partition coefficient (Wildman–Crippen LogP) is 1.07. The number of aromatic nitrogens is 1. The van der Waals surface area contributed by atoms with Crippen LogP contribution in [0.4, 0.5) is 0 Å². The molecule has 1 aromatic heterocycles. The van der Waals surface area contributed by atoms with Crippen LogP contribution in [0.2, 0.25) is 0 Å². The number of aliphatic hydroxyl groups is 1. The van der Waals surface area contributed by atoms with Crippen molar-refractivity contribution >= 4 is 8.41 Å². The van der Waals surface area contributed by atoms with Crippen LogP contribution < -0.4 is 0 Å². The lowest BCUT2D eigenvalue weighted by molar-refractivity contribution is 0.284. The average molecular weight is 181 g/mol. The molecule has 0 bridgehead atoms. The summed E-state index contributed by atoms with van der Waals surface area (Å²) in [6, 6.07) is 5.72. The molecule has 74 valence electrons. The highest BCUT2D eigenvalue weighted by Crippen LogP contribution is 1.89. The van der Waals surface area contributed by atoms with Crippen LogP contribution in [0.5, 0.6) is 0 Å². The van der Waals surface area contributed by atoms with Crippen LogP contribution >= 0.6 is 0 Å². The molecule has 2 nitrogen and oxygen atoms in total. The normalized spacial score (nSPS) is 7.85. The first-order valence-electron chi connectivity index (χ1n) is 4.37. The second kappa shape index (κ2) is 13.7. The van der Waals surface area contributed by atoms with Gasteiger partial charge in [0.25, 0.3) is 0 Å². The molecule has 0 spiro atoms. The monoisotopic (exact) mass is 181 g/mol. The van der Waals surface area contributed by atoms with E-state index in [0.717, 1.165) is 12.8 Å². The van der Waals surface area contributed by atoms with Crippen LogP contribution in [-0.2, 0) is 0 Å². The molecule has 1 heterocycles. The van der Waals surface area contributed by atoms with Gasteiger partial charge in [-0.2, -0.15) is 0 Å². The van der Waals surface area contributed by atoms with Gasteiger partial charge in [0.15, 0.2) is 0 Å². The average Bonchev–Trinajstić information content (AvgIpc) is 2.18. The molecule has 0 saturated heterocycles. The Morgan fingerprint density at radius 2 is 1.69 bits per heavy atom. The molecule has 3 heteroatoms. The summed E-state index contributed by atoms with van der Waals surface area (Å²) in [7, 11) is 0. The Balaban J connectivity index is 0. The largest absolute Gasteiger partial charge is 0.396 e. The predicted molar refractivity (Wildman–Crippen MR) is 60.8 cm³/mol. The molecular formula is C10H20BNO. The number of hydrogen-bond donors (Lipinski definition) is 1. The first-order chi connectivity index (χ1) is 5.91. The van der Waals surface area contributed by atoms with E-state index in [9.17, 15) is 0 Å². The van der Waals surface area contributed by atoms with Crippen LogP contribution in [0.25, 0.3) is 0 Å². The van der Waals surface area contributed by atoms with Crippen molar-refractivity contribution in [2.75, 3.05) is 6.61 Å². The zero-order chi connectivity index (χ0) is 9.07. The molecule has 0 amide bonds. The summed E-state index contributed by atoms with van der Waals surface area (Å²) in [6.45, 7) is 2.48. The van der Waals surface area contributed by atoms with Gasteiger partial charge in [-0.05, 0) is 18.6 Å². The van der Waals surface area contributed by atoms with E-state index in [4.69, 9.17) is 5.11 Å². The van der Waals surface area contributed by atoms with Crippen LogP contribution in [0.1, 0.15) is 26.2 Å². The van der Waals surface area contributed by atoms with Crippen molar-refractivity contribution in [2.24, 2.45) is 0 Å². The molecule has 0 radical (unpaired) electrons. The summed E-state index contributed by atoms with van der Waals surface area (Å²) in [5, 5.41) is 8.20. The van der Waals surface area contributed by atoms with Crippen molar-refractivity contribution in [3.8, 4) is 0 Å². The molecule has 0 aromatic carbocycles. The molecule has 1 rings (SSSR count). The van der Waals surface area contributed by atoms with Crippen LogP contribution in [0.15, 0.2) is 30.6 Å². The second-order valence-corrected chi connectivity index (χ2v) is 2.46. The van der Waals surface area contributed by atoms with Crippen molar-refractivity contribution in [3.05, 3.63) is 30.6 Å². The van der Waals surface area contributed by atoms with Gasteiger partial charge in [0, 0.05) is 19.0 Å². The fourth-order valence-corrected chi connectivity index (χ4v) is 0.674. The maximum absolute atomic E-state index is 8.20. The number of unbranched alkanes of at least 4 members (excludes halogenated alkanes) is 2. The Kier molecular flexibility index (Phi) is 15.5. The minimum Gasteiger partial charge on any atom is -0.396 e. The maximum atomic E-state index is 8.20. The van der Waals surface area contributed by atoms with Crippen LogP contribution in [-0.4, -0.2) is 25.1 Å². The first kappa shape index (κ1) is 14.7. The summed E-state index contributed by atoms with van der Waals surface area (Å²) >= 11 is 0. The number of nitrogens with zero attached hydrogens (tertiary/aromatic N) is 1.